The summed E-state index contributed by atoms with van der Waals surface area (Å²) in [6, 6.07) is 0.579. The van der Waals surface area contributed by atoms with E-state index in [0.29, 0.717) is 12.0 Å². The number of nitrogens with two attached hydrogens (primary N) is 1. The smallest absolute Gasteiger partial charge is 0.222 e. The molecular weight excluding hydrogens is 278 g/mol. The van der Waals surface area contributed by atoms with Crippen LogP contribution in [0.3, 0.4) is 0 Å². The van der Waals surface area contributed by atoms with Crippen molar-refractivity contribution in [3.63, 3.8) is 0 Å². The molecule has 3 N–H and O–H groups in total. The summed E-state index contributed by atoms with van der Waals surface area (Å²) in [6.07, 6.45) is 5.71. The third kappa shape index (κ3) is 1.76. The molecule has 5 rings (SSSR count). The molecule has 2 fully saturated rings. The molecule has 0 amide bonds. The molecule has 0 saturated carbocycles. The average Bonchev–Trinajstić information content (AvgIpc) is 3.18. The van der Waals surface area contributed by atoms with Crippen LogP contribution >= 0.6 is 0 Å². The third-order valence-corrected chi connectivity index (χ3v) is 5.46. The van der Waals surface area contributed by atoms with Crippen molar-refractivity contribution in [1.82, 2.24) is 15.3 Å². The summed E-state index contributed by atoms with van der Waals surface area (Å²) < 4.78 is 6.17. The van der Waals surface area contributed by atoms with Crippen LogP contribution in [0.1, 0.15) is 30.6 Å². The first kappa shape index (κ1) is 12.7. The molecule has 4 heterocycles. The van der Waals surface area contributed by atoms with E-state index in [0.717, 1.165) is 61.1 Å². The van der Waals surface area contributed by atoms with Crippen LogP contribution < -0.4 is 16.0 Å². The van der Waals surface area contributed by atoms with Gasteiger partial charge in [0.05, 0.1) is 0 Å². The summed E-state index contributed by atoms with van der Waals surface area (Å²) in [6.45, 7) is 3.16. The van der Waals surface area contributed by atoms with Gasteiger partial charge < -0.3 is 20.4 Å². The zero-order chi connectivity index (χ0) is 14.7. The van der Waals surface area contributed by atoms with Gasteiger partial charge in [0.1, 0.15) is 11.3 Å². The second kappa shape index (κ2) is 4.59. The summed E-state index contributed by atoms with van der Waals surface area (Å²) in [5.74, 6) is 3.07. The molecular formula is C16H21N5O. The van der Waals surface area contributed by atoms with E-state index in [1.807, 2.05) is 0 Å². The van der Waals surface area contributed by atoms with Gasteiger partial charge in [-0.3, -0.25) is 0 Å². The lowest BCUT2D eigenvalue weighted by Gasteiger charge is -2.18. The van der Waals surface area contributed by atoms with Gasteiger partial charge in [0, 0.05) is 31.1 Å². The van der Waals surface area contributed by atoms with Gasteiger partial charge in [-0.15, -0.1) is 0 Å². The number of fused-ring (bicyclic) bond motifs is 4. The molecule has 2 aliphatic heterocycles. The minimum Gasteiger partial charge on any atom is -0.455 e. The number of furan rings is 1. The number of nitrogens with one attached hydrogen (secondary N) is 1. The highest BCUT2D eigenvalue weighted by atomic mass is 16.3. The minimum absolute atomic E-state index is 0.363. The molecule has 0 unspecified atom stereocenters. The number of aromatic nitrogens is 2. The summed E-state index contributed by atoms with van der Waals surface area (Å²) in [7, 11) is 0. The van der Waals surface area contributed by atoms with Crippen molar-refractivity contribution in [2.45, 2.75) is 38.1 Å². The molecule has 0 aromatic carbocycles. The lowest BCUT2D eigenvalue weighted by molar-refractivity contribution is 0.505. The molecule has 2 atom stereocenters. The highest BCUT2D eigenvalue weighted by Gasteiger charge is 2.38. The predicted molar refractivity (Wildman–Crippen MR) is 85.0 cm³/mol. The van der Waals surface area contributed by atoms with Crippen LogP contribution in [0, 0.1) is 5.92 Å². The Balaban J connectivity index is 1.62. The van der Waals surface area contributed by atoms with Crippen LogP contribution in [0.15, 0.2) is 4.42 Å². The maximum Gasteiger partial charge on any atom is 0.222 e. The molecule has 0 spiro atoms. The largest absolute Gasteiger partial charge is 0.455 e. The topological polar surface area (TPSA) is 80.2 Å². The van der Waals surface area contributed by atoms with Gasteiger partial charge in [-0.2, -0.15) is 4.98 Å². The van der Waals surface area contributed by atoms with Crippen molar-refractivity contribution in [1.29, 1.82) is 0 Å². The van der Waals surface area contributed by atoms with Gasteiger partial charge in [-0.05, 0) is 38.1 Å². The van der Waals surface area contributed by atoms with Crippen molar-refractivity contribution in [2.75, 3.05) is 30.3 Å². The fourth-order valence-corrected chi connectivity index (χ4v) is 4.35. The van der Waals surface area contributed by atoms with Crippen LogP contribution in [-0.4, -0.2) is 35.6 Å². The molecule has 6 nitrogen and oxygen atoms in total. The lowest BCUT2D eigenvalue weighted by atomic mass is 9.98. The Morgan fingerprint density at radius 2 is 2.09 bits per heavy atom. The fraction of sp³-hybridized carbons (Fsp3) is 0.625. The molecule has 2 aromatic heterocycles. The second-order valence-corrected chi connectivity index (χ2v) is 6.81. The highest BCUT2D eigenvalue weighted by molar-refractivity contribution is 5.89. The summed E-state index contributed by atoms with van der Waals surface area (Å²) >= 11 is 0. The molecule has 3 aliphatic rings. The van der Waals surface area contributed by atoms with Crippen LogP contribution in [0.5, 0.6) is 0 Å². The zero-order valence-corrected chi connectivity index (χ0v) is 12.6. The monoisotopic (exact) mass is 299 g/mol. The SMILES string of the molecule is Nc1nc(N2C[C@H]3CCN[C@H]3C2)c2oc3c(c2n1)CCCC3. The molecule has 0 radical (unpaired) electrons. The standard InChI is InChI=1S/C16H21N5O/c17-16-19-13-10-3-1-2-4-12(10)22-14(13)15(20-16)21-7-9-5-6-18-11(9)8-21/h9,11,18H,1-8H2,(H2,17,19,20)/t9-,11+/m1/s1. The normalized spacial score (nSPS) is 27.4. The number of nitrogens with zero attached hydrogens (tertiary/aromatic N) is 3. The number of hydrogen-bond acceptors (Lipinski definition) is 6. The summed E-state index contributed by atoms with van der Waals surface area (Å²) in [4.78, 5) is 11.3. The van der Waals surface area contributed by atoms with E-state index in [1.54, 1.807) is 0 Å². The quantitative estimate of drug-likeness (QED) is 0.830. The van der Waals surface area contributed by atoms with Gasteiger partial charge in [0.25, 0.3) is 0 Å². The van der Waals surface area contributed by atoms with E-state index in [9.17, 15) is 0 Å². The van der Waals surface area contributed by atoms with Crippen molar-refractivity contribution in [2.24, 2.45) is 5.92 Å². The maximum absolute atomic E-state index is 6.17. The average molecular weight is 299 g/mol. The Morgan fingerprint density at radius 3 is 3.00 bits per heavy atom. The Kier molecular flexibility index (Phi) is 2.65. The first-order valence-corrected chi connectivity index (χ1v) is 8.35. The van der Waals surface area contributed by atoms with E-state index in [2.05, 4.69) is 20.2 Å². The minimum atomic E-state index is 0.363. The number of nitrogen functional groups attached to an aromatic ring is 1. The van der Waals surface area contributed by atoms with Crippen molar-refractivity contribution in [3.8, 4) is 0 Å². The summed E-state index contributed by atoms with van der Waals surface area (Å²) in [5.41, 5.74) is 9.05. The van der Waals surface area contributed by atoms with E-state index in [4.69, 9.17) is 10.2 Å². The van der Waals surface area contributed by atoms with Crippen molar-refractivity contribution >= 4 is 22.9 Å². The molecule has 0 bridgehead atoms. The Labute approximate surface area is 129 Å². The van der Waals surface area contributed by atoms with Crippen LogP contribution in [-0.2, 0) is 12.8 Å². The van der Waals surface area contributed by atoms with Gasteiger partial charge in [-0.1, -0.05) is 0 Å². The van der Waals surface area contributed by atoms with E-state index < -0.39 is 0 Å². The highest BCUT2D eigenvalue weighted by Crippen LogP contribution is 2.37. The second-order valence-electron chi connectivity index (χ2n) is 6.81. The number of anilines is 2. The predicted octanol–water partition coefficient (Wildman–Crippen LogP) is 1.48. The van der Waals surface area contributed by atoms with Gasteiger partial charge in [0.15, 0.2) is 11.4 Å². The van der Waals surface area contributed by atoms with Crippen molar-refractivity contribution < 1.29 is 4.42 Å². The molecule has 22 heavy (non-hydrogen) atoms. The van der Waals surface area contributed by atoms with Crippen LogP contribution in [0.25, 0.3) is 11.1 Å². The number of rotatable bonds is 1. The van der Waals surface area contributed by atoms with Crippen LogP contribution in [0.4, 0.5) is 11.8 Å². The molecule has 2 saturated heterocycles. The third-order valence-electron chi connectivity index (χ3n) is 5.46. The van der Waals surface area contributed by atoms with Crippen molar-refractivity contribution in [3.05, 3.63) is 11.3 Å². The maximum atomic E-state index is 6.17. The Hall–Kier alpha value is -1.82. The first-order valence-electron chi connectivity index (χ1n) is 8.35. The van der Waals surface area contributed by atoms with Gasteiger partial charge in [0.2, 0.25) is 5.95 Å². The number of hydrogen-bond donors (Lipinski definition) is 2. The summed E-state index contributed by atoms with van der Waals surface area (Å²) in [5, 5.41) is 3.58. The zero-order valence-electron chi connectivity index (χ0n) is 12.6. The van der Waals surface area contributed by atoms with Gasteiger partial charge in [-0.25, -0.2) is 4.98 Å². The Morgan fingerprint density at radius 1 is 1.18 bits per heavy atom. The number of aryl methyl sites for hydroxylation is 2. The van der Waals surface area contributed by atoms with Crippen LogP contribution in [0.2, 0.25) is 0 Å². The molecule has 2 aromatic rings. The van der Waals surface area contributed by atoms with E-state index in [-0.39, 0.29) is 0 Å². The van der Waals surface area contributed by atoms with E-state index >= 15 is 0 Å². The molecule has 6 heteroatoms. The first-order chi connectivity index (χ1) is 10.8. The van der Waals surface area contributed by atoms with E-state index in [1.165, 1.54) is 24.8 Å². The fourth-order valence-electron chi connectivity index (χ4n) is 4.35. The lowest BCUT2D eigenvalue weighted by Crippen LogP contribution is -2.30. The van der Waals surface area contributed by atoms with Gasteiger partial charge >= 0.3 is 0 Å². The molecule has 1 aliphatic carbocycles. The molecule has 116 valence electrons. The Bertz CT molecular complexity index is 728.